The van der Waals surface area contributed by atoms with Crippen molar-refractivity contribution in [3.8, 4) is 0 Å². The number of nitrogens with one attached hydrogen (secondary N) is 1. The van der Waals surface area contributed by atoms with Gasteiger partial charge in [0.15, 0.2) is 0 Å². The van der Waals surface area contributed by atoms with Crippen LogP contribution in [0.25, 0.3) is 0 Å². The van der Waals surface area contributed by atoms with E-state index in [4.69, 9.17) is 0 Å². The second kappa shape index (κ2) is 6.17. The van der Waals surface area contributed by atoms with Crippen molar-refractivity contribution in [1.29, 1.82) is 0 Å². The topological polar surface area (TPSA) is 35.5 Å². The molecule has 2 rings (SSSR count). The third-order valence-corrected chi connectivity index (χ3v) is 4.31. The minimum absolute atomic E-state index is 0.290. The van der Waals surface area contributed by atoms with Crippen molar-refractivity contribution in [3.05, 3.63) is 0 Å². The van der Waals surface area contributed by atoms with Crippen LogP contribution in [-0.4, -0.2) is 48.3 Å². The van der Waals surface area contributed by atoms with E-state index < -0.39 is 0 Å². The van der Waals surface area contributed by atoms with E-state index in [1.807, 2.05) is 0 Å². The highest BCUT2D eigenvalue weighted by atomic mass is 16.3. The molecular formula is C14H28N2O. The molecule has 0 spiro atoms. The van der Waals surface area contributed by atoms with E-state index in [0.29, 0.717) is 12.1 Å². The van der Waals surface area contributed by atoms with E-state index in [0.717, 1.165) is 24.8 Å². The number of likely N-dealkylation sites (tertiary alicyclic amines) is 1. The Labute approximate surface area is 106 Å². The summed E-state index contributed by atoms with van der Waals surface area (Å²) in [6, 6.07) is 1.02. The lowest BCUT2D eigenvalue weighted by molar-refractivity contribution is 0.213. The molecule has 0 aromatic rings. The van der Waals surface area contributed by atoms with Gasteiger partial charge in [0.25, 0.3) is 0 Å². The molecular weight excluding hydrogens is 212 g/mol. The molecule has 1 aliphatic carbocycles. The van der Waals surface area contributed by atoms with Gasteiger partial charge in [0.1, 0.15) is 0 Å². The summed E-state index contributed by atoms with van der Waals surface area (Å²) in [6.07, 6.45) is 5.06. The van der Waals surface area contributed by atoms with Crippen LogP contribution in [0, 0.1) is 11.8 Å². The maximum Gasteiger partial charge on any atom is 0.0585 e. The van der Waals surface area contributed by atoms with Crippen molar-refractivity contribution < 1.29 is 5.11 Å². The first-order valence-corrected chi connectivity index (χ1v) is 7.28. The number of nitrogens with zero attached hydrogens (tertiary/aromatic N) is 1. The van der Waals surface area contributed by atoms with Crippen molar-refractivity contribution in [1.82, 2.24) is 10.2 Å². The van der Waals surface area contributed by atoms with Crippen LogP contribution in [0.3, 0.4) is 0 Å². The summed E-state index contributed by atoms with van der Waals surface area (Å²) in [7, 11) is 0. The molecule has 17 heavy (non-hydrogen) atoms. The molecule has 2 unspecified atom stereocenters. The zero-order chi connectivity index (χ0) is 12.3. The minimum atomic E-state index is 0.290. The Morgan fingerprint density at radius 2 is 2.06 bits per heavy atom. The van der Waals surface area contributed by atoms with Gasteiger partial charge in [-0.3, -0.25) is 0 Å². The minimum Gasteiger partial charge on any atom is -0.395 e. The van der Waals surface area contributed by atoms with Gasteiger partial charge in [-0.25, -0.2) is 0 Å². The molecule has 1 saturated carbocycles. The zero-order valence-electron chi connectivity index (χ0n) is 11.4. The average Bonchev–Trinajstić information content (AvgIpc) is 2.99. The lowest BCUT2D eigenvalue weighted by atomic mass is 9.95. The van der Waals surface area contributed by atoms with E-state index in [1.165, 1.54) is 32.4 Å². The van der Waals surface area contributed by atoms with Crippen LogP contribution in [0.15, 0.2) is 0 Å². The number of aliphatic hydroxyl groups is 1. The lowest BCUT2D eigenvalue weighted by Gasteiger charge is -2.21. The molecule has 2 fully saturated rings. The zero-order valence-corrected chi connectivity index (χ0v) is 11.4. The fraction of sp³-hybridized carbons (Fsp3) is 1.00. The first kappa shape index (κ1) is 13.3. The van der Waals surface area contributed by atoms with Crippen molar-refractivity contribution in [2.45, 2.75) is 51.6 Å². The Morgan fingerprint density at radius 3 is 2.59 bits per heavy atom. The maximum absolute atomic E-state index is 9.34. The Morgan fingerprint density at radius 1 is 1.29 bits per heavy atom. The van der Waals surface area contributed by atoms with Crippen LogP contribution < -0.4 is 5.32 Å². The molecule has 2 aliphatic rings. The van der Waals surface area contributed by atoms with Gasteiger partial charge in [0, 0.05) is 18.6 Å². The maximum atomic E-state index is 9.34. The van der Waals surface area contributed by atoms with E-state index in [1.54, 1.807) is 0 Å². The van der Waals surface area contributed by atoms with Gasteiger partial charge in [-0.2, -0.15) is 0 Å². The molecule has 1 aliphatic heterocycles. The van der Waals surface area contributed by atoms with Gasteiger partial charge >= 0.3 is 0 Å². The van der Waals surface area contributed by atoms with Gasteiger partial charge in [-0.1, -0.05) is 13.8 Å². The Hall–Kier alpha value is -0.120. The Bertz CT molecular complexity index is 228. The predicted molar refractivity (Wildman–Crippen MR) is 71.0 cm³/mol. The molecule has 3 heteroatoms. The molecule has 2 atom stereocenters. The van der Waals surface area contributed by atoms with Crippen LogP contribution >= 0.6 is 0 Å². The summed E-state index contributed by atoms with van der Waals surface area (Å²) in [5.41, 5.74) is 0. The summed E-state index contributed by atoms with van der Waals surface area (Å²) in [4.78, 5) is 2.57. The number of hydrogen-bond donors (Lipinski definition) is 2. The summed E-state index contributed by atoms with van der Waals surface area (Å²) >= 11 is 0. The van der Waals surface area contributed by atoms with Gasteiger partial charge in [0.05, 0.1) is 6.61 Å². The monoisotopic (exact) mass is 240 g/mol. The Balaban J connectivity index is 1.63. The first-order chi connectivity index (χ1) is 8.19. The van der Waals surface area contributed by atoms with E-state index in [2.05, 4.69) is 24.1 Å². The third-order valence-electron chi connectivity index (χ3n) is 4.31. The molecule has 0 amide bonds. The highest BCUT2D eigenvalue weighted by molar-refractivity contribution is 4.85. The third kappa shape index (κ3) is 4.23. The van der Waals surface area contributed by atoms with E-state index in [-0.39, 0.29) is 6.61 Å². The second-order valence-electron chi connectivity index (χ2n) is 6.20. The van der Waals surface area contributed by atoms with E-state index >= 15 is 0 Å². The van der Waals surface area contributed by atoms with Crippen molar-refractivity contribution in [2.75, 3.05) is 26.2 Å². The SMILES string of the molecule is CC(C)C1CCN(CCC(CO)NC2CC2)C1. The molecule has 100 valence electrons. The lowest BCUT2D eigenvalue weighted by Crippen LogP contribution is -2.37. The van der Waals surface area contributed by atoms with Crippen molar-refractivity contribution >= 4 is 0 Å². The second-order valence-corrected chi connectivity index (χ2v) is 6.20. The van der Waals surface area contributed by atoms with Gasteiger partial charge in [0.2, 0.25) is 0 Å². The van der Waals surface area contributed by atoms with Crippen LogP contribution in [0.2, 0.25) is 0 Å². The summed E-state index contributed by atoms with van der Waals surface area (Å²) in [6.45, 7) is 8.62. The van der Waals surface area contributed by atoms with Gasteiger partial charge in [-0.05, 0) is 50.6 Å². The van der Waals surface area contributed by atoms with Crippen molar-refractivity contribution in [2.24, 2.45) is 11.8 Å². The molecule has 0 aromatic heterocycles. The van der Waals surface area contributed by atoms with E-state index in [9.17, 15) is 5.11 Å². The summed E-state index contributed by atoms with van der Waals surface area (Å²) < 4.78 is 0. The summed E-state index contributed by atoms with van der Waals surface area (Å²) in [5.74, 6) is 1.71. The fourth-order valence-corrected chi connectivity index (χ4v) is 2.76. The standard InChI is InChI=1S/C14H28N2O/c1-11(2)12-5-7-16(9-12)8-6-14(10-17)15-13-3-4-13/h11-15,17H,3-10H2,1-2H3. The fourth-order valence-electron chi connectivity index (χ4n) is 2.76. The largest absolute Gasteiger partial charge is 0.395 e. The average molecular weight is 240 g/mol. The molecule has 1 saturated heterocycles. The van der Waals surface area contributed by atoms with Gasteiger partial charge < -0.3 is 15.3 Å². The molecule has 0 bridgehead atoms. The number of rotatable bonds is 7. The molecule has 2 N–H and O–H groups in total. The Kier molecular flexibility index (Phi) is 4.83. The molecule has 1 heterocycles. The van der Waals surface area contributed by atoms with Crippen LogP contribution in [0.4, 0.5) is 0 Å². The normalized spacial score (nSPS) is 27.9. The molecule has 0 aromatic carbocycles. The highest BCUT2D eigenvalue weighted by Gasteiger charge is 2.27. The first-order valence-electron chi connectivity index (χ1n) is 7.28. The van der Waals surface area contributed by atoms with Crippen molar-refractivity contribution in [3.63, 3.8) is 0 Å². The number of aliphatic hydroxyl groups excluding tert-OH is 1. The smallest absolute Gasteiger partial charge is 0.0585 e. The number of hydrogen-bond acceptors (Lipinski definition) is 3. The van der Waals surface area contributed by atoms with Crippen LogP contribution in [0.5, 0.6) is 0 Å². The highest BCUT2D eigenvalue weighted by Crippen LogP contribution is 2.24. The van der Waals surface area contributed by atoms with Crippen LogP contribution in [0.1, 0.15) is 39.5 Å². The quantitative estimate of drug-likeness (QED) is 0.707. The predicted octanol–water partition coefficient (Wildman–Crippen LogP) is 1.47. The van der Waals surface area contributed by atoms with Crippen LogP contribution in [-0.2, 0) is 0 Å². The van der Waals surface area contributed by atoms with Gasteiger partial charge in [-0.15, -0.1) is 0 Å². The molecule has 3 nitrogen and oxygen atoms in total. The molecule has 0 radical (unpaired) electrons. The summed E-state index contributed by atoms with van der Waals surface area (Å²) in [5, 5.41) is 12.9.